The van der Waals surface area contributed by atoms with Crippen LogP contribution < -0.4 is 10.1 Å². The Morgan fingerprint density at radius 2 is 1.87 bits per heavy atom. The Bertz CT molecular complexity index is 761. The van der Waals surface area contributed by atoms with Gasteiger partial charge in [-0.2, -0.15) is 0 Å². The summed E-state index contributed by atoms with van der Waals surface area (Å²) in [5.41, 5.74) is 3.80. The number of benzene rings is 2. The highest BCUT2D eigenvalue weighted by atomic mass is 32.1. The first-order valence-electron chi connectivity index (χ1n) is 7.12. The number of carbonyl (C=O) groups excluding carboxylic acids is 1. The number of carbonyl (C=O) groups is 1. The highest BCUT2D eigenvalue weighted by Gasteiger charge is 2.09. The van der Waals surface area contributed by atoms with Gasteiger partial charge in [-0.15, -0.1) is 10.2 Å². The summed E-state index contributed by atoms with van der Waals surface area (Å²) < 4.78 is 5.66. The van der Waals surface area contributed by atoms with Gasteiger partial charge in [0.25, 0.3) is 5.91 Å². The summed E-state index contributed by atoms with van der Waals surface area (Å²) in [6.45, 7) is -0.0641. The van der Waals surface area contributed by atoms with E-state index in [1.54, 1.807) is 5.51 Å². The molecule has 1 heterocycles. The molecule has 1 N–H and O–H groups in total. The van der Waals surface area contributed by atoms with Crippen LogP contribution in [-0.2, 0) is 11.2 Å². The number of rotatable bonds is 6. The molecule has 6 heteroatoms. The number of anilines is 1. The summed E-state index contributed by atoms with van der Waals surface area (Å²) in [4.78, 5) is 11.9. The van der Waals surface area contributed by atoms with Crippen molar-refractivity contribution in [3.63, 3.8) is 0 Å². The van der Waals surface area contributed by atoms with Crippen molar-refractivity contribution >= 4 is 22.4 Å². The molecule has 3 rings (SSSR count). The zero-order chi connectivity index (χ0) is 15.9. The maximum Gasteiger partial charge on any atom is 0.264 e. The van der Waals surface area contributed by atoms with Crippen molar-refractivity contribution in [2.45, 2.75) is 6.42 Å². The maximum atomic E-state index is 11.9. The molecule has 5 nitrogen and oxygen atoms in total. The van der Waals surface area contributed by atoms with Crippen molar-refractivity contribution in [1.29, 1.82) is 0 Å². The fourth-order valence-corrected chi connectivity index (χ4v) is 2.59. The molecular formula is C17H15N3O2S. The topological polar surface area (TPSA) is 64.1 Å². The van der Waals surface area contributed by atoms with Gasteiger partial charge in [0.1, 0.15) is 11.3 Å². The molecule has 0 saturated heterocycles. The van der Waals surface area contributed by atoms with Crippen molar-refractivity contribution in [2.75, 3.05) is 11.9 Å². The number of aromatic nitrogens is 2. The number of hydrogen-bond donors (Lipinski definition) is 1. The van der Waals surface area contributed by atoms with E-state index in [0.717, 1.165) is 12.0 Å². The largest absolute Gasteiger partial charge is 0.483 e. The smallest absolute Gasteiger partial charge is 0.264 e. The average molecular weight is 325 g/mol. The number of ether oxygens (including phenoxy) is 1. The van der Waals surface area contributed by atoms with Gasteiger partial charge in [0.05, 0.1) is 0 Å². The quantitative estimate of drug-likeness (QED) is 0.756. The molecule has 0 aliphatic carbocycles. The standard InChI is InChI=1S/C17H15N3O2S/c21-16(19-17-20-18-12-23-17)11-22-15-9-5-4-8-14(15)10-13-6-2-1-3-7-13/h1-9,12H,10-11H2,(H,19,20,21). The van der Waals surface area contributed by atoms with Gasteiger partial charge in [0, 0.05) is 6.42 Å². The van der Waals surface area contributed by atoms with Gasteiger partial charge in [-0.05, 0) is 17.2 Å². The number of nitrogens with one attached hydrogen (secondary N) is 1. The van der Waals surface area contributed by atoms with E-state index in [-0.39, 0.29) is 12.5 Å². The Balaban J connectivity index is 1.62. The number of amides is 1. The Hall–Kier alpha value is -2.73. The van der Waals surface area contributed by atoms with E-state index in [1.165, 1.54) is 16.9 Å². The van der Waals surface area contributed by atoms with E-state index in [0.29, 0.717) is 10.9 Å². The van der Waals surface area contributed by atoms with Crippen LogP contribution in [-0.4, -0.2) is 22.7 Å². The first-order valence-corrected chi connectivity index (χ1v) is 8.00. The Kier molecular flexibility index (Phi) is 4.95. The molecule has 0 saturated carbocycles. The van der Waals surface area contributed by atoms with Crippen molar-refractivity contribution in [3.05, 3.63) is 71.2 Å². The SMILES string of the molecule is O=C(COc1ccccc1Cc1ccccc1)Nc1nncs1. The van der Waals surface area contributed by atoms with Crippen LogP contribution >= 0.6 is 11.3 Å². The normalized spacial score (nSPS) is 10.3. The number of hydrogen-bond acceptors (Lipinski definition) is 5. The lowest BCUT2D eigenvalue weighted by Gasteiger charge is -2.11. The molecular weight excluding hydrogens is 310 g/mol. The minimum Gasteiger partial charge on any atom is -0.483 e. The van der Waals surface area contributed by atoms with Crippen LogP contribution in [0.1, 0.15) is 11.1 Å². The third kappa shape index (κ3) is 4.37. The van der Waals surface area contributed by atoms with Gasteiger partial charge in [-0.3, -0.25) is 10.1 Å². The molecule has 1 aromatic heterocycles. The average Bonchev–Trinajstić information content (AvgIpc) is 3.08. The molecule has 116 valence electrons. The Labute approximate surface area is 138 Å². The summed E-state index contributed by atoms with van der Waals surface area (Å²) >= 11 is 1.27. The fourth-order valence-electron chi connectivity index (χ4n) is 2.13. The summed E-state index contributed by atoms with van der Waals surface area (Å²) in [6.07, 6.45) is 0.759. The predicted molar refractivity (Wildman–Crippen MR) is 89.7 cm³/mol. The van der Waals surface area contributed by atoms with Crippen molar-refractivity contribution < 1.29 is 9.53 Å². The second-order valence-electron chi connectivity index (χ2n) is 4.85. The van der Waals surface area contributed by atoms with Crippen LogP contribution in [0.15, 0.2) is 60.1 Å². The van der Waals surface area contributed by atoms with Crippen LogP contribution in [0.2, 0.25) is 0 Å². The second-order valence-corrected chi connectivity index (χ2v) is 5.68. The van der Waals surface area contributed by atoms with Crippen molar-refractivity contribution in [1.82, 2.24) is 10.2 Å². The number of nitrogens with zero attached hydrogens (tertiary/aromatic N) is 2. The zero-order valence-electron chi connectivity index (χ0n) is 12.3. The van der Waals surface area contributed by atoms with Gasteiger partial charge >= 0.3 is 0 Å². The molecule has 23 heavy (non-hydrogen) atoms. The van der Waals surface area contributed by atoms with E-state index in [4.69, 9.17) is 4.74 Å². The number of para-hydroxylation sites is 1. The van der Waals surface area contributed by atoms with Gasteiger partial charge in [0.2, 0.25) is 5.13 Å². The highest BCUT2D eigenvalue weighted by Crippen LogP contribution is 2.21. The zero-order valence-corrected chi connectivity index (χ0v) is 13.1. The van der Waals surface area contributed by atoms with Crippen LogP contribution in [0.25, 0.3) is 0 Å². The Morgan fingerprint density at radius 1 is 1.09 bits per heavy atom. The monoisotopic (exact) mass is 325 g/mol. The summed E-state index contributed by atoms with van der Waals surface area (Å²) in [6, 6.07) is 17.9. The van der Waals surface area contributed by atoms with Crippen molar-refractivity contribution in [2.24, 2.45) is 0 Å². The van der Waals surface area contributed by atoms with Gasteiger partial charge in [-0.25, -0.2) is 0 Å². The third-order valence-corrected chi connectivity index (χ3v) is 3.78. The van der Waals surface area contributed by atoms with Crippen LogP contribution in [0.3, 0.4) is 0 Å². The molecule has 0 fully saturated rings. The fraction of sp³-hybridized carbons (Fsp3) is 0.118. The van der Waals surface area contributed by atoms with E-state index in [1.807, 2.05) is 42.5 Å². The lowest BCUT2D eigenvalue weighted by Crippen LogP contribution is -2.20. The molecule has 0 bridgehead atoms. The summed E-state index contributed by atoms with van der Waals surface area (Å²) in [5.74, 6) is 0.458. The molecule has 0 aliphatic rings. The third-order valence-electron chi connectivity index (χ3n) is 3.18. The summed E-state index contributed by atoms with van der Waals surface area (Å²) in [5, 5.41) is 10.5. The molecule has 0 aliphatic heterocycles. The lowest BCUT2D eigenvalue weighted by molar-refractivity contribution is -0.118. The van der Waals surface area contributed by atoms with E-state index >= 15 is 0 Å². The molecule has 0 spiro atoms. The van der Waals surface area contributed by atoms with Crippen LogP contribution in [0.5, 0.6) is 5.75 Å². The maximum absolute atomic E-state index is 11.9. The summed E-state index contributed by atoms with van der Waals surface area (Å²) in [7, 11) is 0. The van der Waals surface area contributed by atoms with Gasteiger partial charge in [-0.1, -0.05) is 59.9 Å². The molecule has 0 atom stereocenters. The van der Waals surface area contributed by atoms with Crippen LogP contribution in [0.4, 0.5) is 5.13 Å². The second kappa shape index (κ2) is 7.51. The first-order chi connectivity index (χ1) is 11.3. The van der Waals surface area contributed by atoms with E-state index < -0.39 is 0 Å². The molecule has 0 unspecified atom stereocenters. The van der Waals surface area contributed by atoms with Gasteiger partial charge < -0.3 is 4.74 Å². The van der Waals surface area contributed by atoms with Crippen LogP contribution in [0, 0.1) is 0 Å². The molecule has 1 amide bonds. The van der Waals surface area contributed by atoms with E-state index in [9.17, 15) is 4.79 Å². The highest BCUT2D eigenvalue weighted by molar-refractivity contribution is 7.13. The minimum absolute atomic E-state index is 0.0641. The minimum atomic E-state index is -0.253. The lowest BCUT2D eigenvalue weighted by atomic mass is 10.0. The predicted octanol–water partition coefficient (Wildman–Crippen LogP) is 3.15. The Morgan fingerprint density at radius 3 is 2.65 bits per heavy atom. The first kappa shape index (κ1) is 15.2. The van der Waals surface area contributed by atoms with Crippen molar-refractivity contribution in [3.8, 4) is 5.75 Å². The molecule has 3 aromatic rings. The molecule has 2 aromatic carbocycles. The molecule has 0 radical (unpaired) electrons. The van der Waals surface area contributed by atoms with Gasteiger partial charge in [0.15, 0.2) is 6.61 Å². The van der Waals surface area contributed by atoms with E-state index in [2.05, 4.69) is 27.6 Å².